The molecule has 0 unspecified atom stereocenters. The number of fused-ring (bicyclic) bond motifs is 1. The van der Waals surface area contributed by atoms with Crippen LogP contribution in [0.1, 0.15) is 12.5 Å². The third-order valence-electron chi connectivity index (χ3n) is 4.31. The smallest absolute Gasteiger partial charge is 0.243 e. The average molecular weight is 371 g/mol. The fourth-order valence-electron chi connectivity index (χ4n) is 2.89. The number of nitrogens with one attached hydrogen (secondary N) is 2. The maximum Gasteiger partial charge on any atom is 0.243 e. The SMILES string of the molecule is CC(=O)N(CCc1c[nH]c2ccccc12)CC(=O)Nc1ccc(F)c(F)c1. The molecular weight excluding hydrogens is 352 g/mol. The number of carbonyl (C=O) groups excluding carboxylic acids is 2. The van der Waals surface area contributed by atoms with Gasteiger partial charge in [-0.3, -0.25) is 9.59 Å². The van der Waals surface area contributed by atoms with Gasteiger partial charge in [0.15, 0.2) is 11.6 Å². The number of halogens is 2. The molecule has 0 atom stereocenters. The first-order valence-electron chi connectivity index (χ1n) is 8.49. The molecular formula is C20H19F2N3O2. The lowest BCUT2D eigenvalue weighted by Crippen LogP contribution is -2.38. The highest BCUT2D eigenvalue weighted by Gasteiger charge is 2.15. The minimum absolute atomic E-state index is 0.138. The summed E-state index contributed by atoms with van der Waals surface area (Å²) in [5.41, 5.74) is 2.20. The normalized spacial score (nSPS) is 10.8. The first kappa shape index (κ1) is 18.6. The topological polar surface area (TPSA) is 65.2 Å². The average Bonchev–Trinajstić information content (AvgIpc) is 3.05. The molecule has 3 rings (SSSR count). The third kappa shape index (κ3) is 4.49. The van der Waals surface area contributed by atoms with Crippen LogP contribution in [0.4, 0.5) is 14.5 Å². The van der Waals surface area contributed by atoms with Gasteiger partial charge in [0.25, 0.3) is 0 Å². The van der Waals surface area contributed by atoms with Crippen molar-refractivity contribution in [2.24, 2.45) is 0 Å². The van der Waals surface area contributed by atoms with Crippen molar-refractivity contribution in [3.63, 3.8) is 0 Å². The summed E-state index contributed by atoms with van der Waals surface area (Å²) < 4.78 is 26.2. The largest absolute Gasteiger partial charge is 0.361 e. The molecule has 0 aliphatic carbocycles. The zero-order valence-corrected chi connectivity index (χ0v) is 14.8. The maximum absolute atomic E-state index is 13.2. The number of rotatable bonds is 6. The monoisotopic (exact) mass is 371 g/mol. The van der Waals surface area contributed by atoms with Crippen LogP contribution in [0, 0.1) is 11.6 Å². The van der Waals surface area contributed by atoms with E-state index in [1.807, 2.05) is 30.5 Å². The number of anilines is 1. The molecule has 0 fully saturated rings. The van der Waals surface area contributed by atoms with E-state index >= 15 is 0 Å². The van der Waals surface area contributed by atoms with Crippen molar-refractivity contribution in [3.05, 3.63) is 65.9 Å². The molecule has 3 aromatic rings. The molecule has 0 aliphatic heterocycles. The molecule has 7 heteroatoms. The lowest BCUT2D eigenvalue weighted by atomic mass is 10.1. The lowest BCUT2D eigenvalue weighted by molar-refractivity contribution is -0.132. The van der Waals surface area contributed by atoms with Gasteiger partial charge in [-0.1, -0.05) is 18.2 Å². The van der Waals surface area contributed by atoms with Crippen LogP contribution in [0.2, 0.25) is 0 Å². The summed E-state index contributed by atoms with van der Waals surface area (Å²) in [4.78, 5) is 28.6. The Bertz CT molecular complexity index is 984. The zero-order chi connectivity index (χ0) is 19.4. The Morgan fingerprint density at radius 1 is 1.11 bits per heavy atom. The summed E-state index contributed by atoms with van der Waals surface area (Å²) in [6.45, 7) is 1.58. The van der Waals surface area contributed by atoms with E-state index in [0.29, 0.717) is 13.0 Å². The van der Waals surface area contributed by atoms with Gasteiger partial charge in [-0.15, -0.1) is 0 Å². The van der Waals surface area contributed by atoms with Gasteiger partial charge in [-0.05, 0) is 30.2 Å². The Kier molecular flexibility index (Phi) is 5.49. The van der Waals surface area contributed by atoms with E-state index < -0.39 is 17.5 Å². The van der Waals surface area contributed by atoms with Gasteiger partial charge >= 0.3 is 0 Å². The van der Waals surface area contributed by atoms with Crippen LogP contribution in [-0.2, 0) is 16.0 Å². The minimum atomic E-state index is -1.05. The van der Waals surface area contributed by atoms with Gasteiger partial charge in [0, 0.05) is 42.3 Å². The standard InChI is InChI=1S/C20H19F2N3O2/c1-13(26)25(9-8-14-11-23-19-5-3-2-4-16(14)19)12-20(27)24-15-6-7-17(21)18(22)10-15/h2-7,10-11,23H,8-9,12H2,1H3,(H,24,27). The second kappa shape index (κ2) is 7.99. The molecule has 0 saturated heterocycles. The highest BCUT2D eigenvalue weighted by molar-refractivity contribution is 5.94. The van der Waals surface area contributed by atoms with E-state index in [4.69, 9.17) is 0 Å². The zero-order valence-electron chi connectivity index (χ0n) is 14.8. The first-order valence-corrected chi connectivity index (χ1v) is 8.49. The van der Waals surface area contributed by atoms with Gasteiger partial charge in [-0.2, -0.15) is 0 Å². The van der Waals surface area contributed by atoms with Gasteiger partial charge in [0.1, 0.15) is 0 Å². The van der Waals surface area contributed by atoms with Crippen LogP contribution in [0.25, 0.3) is 10.9 Å². The Hall–Kier alpha value is -3.22. The van der Waals surface area contributed by atoms with Crippen LogP contribution in [0.15, 0.2) is 48.7 Å². The molecule has 0 aliphatic rings. The van der Waals surface area contributed by atoms with Crippen LogP contribution < -0.4 is 5.32 Å². The van der Waals surface area contributed by atoms with Crippen LogP contribution >= 0.6 is 0 Å². The summed E-state index contributed by atoms with van der Waals surface area (Å²) in [7, 11) is 0. The van der Waals surface area contributed by atoms with Gasteiger partial charge in [-0.25, -0.2) is 8.78 Å². The number of H-pyrrole nitrogens is 1. The predicted octanol–water partition coefficient (Wildman–Crippen LogP) is 3.48. The van der Waals surface area contributed by atoms with Crippen LogP contribution in [-0.4, -0.2) is 34.8 Å². The van der Waals surface area contributed by atoms with E-state index in [0.717, 1.165) is 28.6 Å². The van der Waals surface area contributed by atoms with Crippen molar-refractivity contribution in [2.75, 3.05) is 18.4 Å². The van der Waals surface area contributed by atoms with E-state index in [2.05, 4.69) is 10.3 Å². The summed E-state index contributed by atoms with van der Waals surface area (Å²) >= 11 is 0. The summed E-state index contributed by atoms with van der Waals surface area (Å²) in [6, 6.07) is 10.9. The number of aromatic nitrogens is 1. The Morgan fingerprint density at radius 3 is 2.63 bits per heavy atom. The van der Waals surface area contributed by atoms with Crippen molar-refractivity contribution >= 4 is 28.4 Å². The van der Waals surface area contributed by atoms with Crippen molar-refractivity contribution < 1.29 is 18.4 Å². The summed E-state index contributed by atoms with van der Waals surface area (Å²) in [5.74, 6) is -2.75. The summed E-state index contributed by atoms with van der Waals surface area (Å²) in [6.07, 6.45) is 2.48. The van der Waals surface area contributed by atoms with Crippen LogP contribution in [0.3, 0.4) is 0 Å². The van der Waals surface area contributed by atoms with Crippen molar-refractivity contribution in [2.45, 2.75) is 13.3 Å². The number of carbonyl (C=O) groups is 2. The highest BCUT2D eigenvalue weighted by atomic mass is 19.2. The quantitative estimate of drug-likeness (QED) is 0.697. The third-order valence-corrected chi connectivity index (χ3v) is 4.31. The minimum Gasteiger partial charge on any atom is -0.361 e. The van der Waals surface area contributed by atoms with Crippen LogP contribution in [0.5, 0.6) is 0 Å². The maximum atomic E-state index is 13.2. The second-order valence-corrected chi connectivity index (χ2v) is 6.23. The number of benzene rings is 2. The summed E-state index contributed by atoms with van der Waals surface area (Å²) in [5, 5.41) is 3.55. The van der Waals surface area contributed by atoms with E-state index in [-0.39, 0.29) is 18.1 Å². The van der Waals surface area contributed by atoms with Crippen molar-refractivity contribution in [1.29, 1.82) is 0 Å². The Balaban J connectivity index is 1.62. The molecule has 0 radical (unpaired) electrons. The molecule has 0 saturated carbocycles. The van der Waals surface area contributed by atoms with Gasteiger partial charge in [0.05, 0.1) is 6.54 Å². The second-order valence-electron chi connectivity index (χ2n) is 6.23. The van der Waals surface area contributed by atoms with Gasteiger partial charge in [0.2, 0.25) is 11.8 Å². The van der Waals surface area contributed by atoms with E-state index in [1.54, 1.807) is 0 Å². The number of para-hydroxylation sites is 1. The number of amides is 2. The van der Waals surface area contributed by atoms with Crippen molar-refractivity contribution in [1.82, 2.24) is 9.88 Å². The molecule has 2 amide bonds. The molecule has 27 heavy (non-hydrogen) atoms. The predicted molar refractivity (Wildman–Crippen MR) is 99.2 cm³/mol. The Morgan fingerprint density at radius 2 is 1.89 bits per heavy atom. The molecule has 0 spiro atoms. The van der Waals surface area contributed by atoms with E-state index in [1.165, 1.54) is 17.9 Å². The molecule has 2 N–H and O–H groups in total. The molecule has 2 aromatic carbocycles. The number of nitrogens with zero attached hydrogens (tertiary/aromatic N) is 1. The molecule has 5 nitrogen and oxygen atoms in total. The fourth-order valence-corrected chi connectivity index (χ4v) is 2.89. The van der Waals surface area contributed by atoms with E-state index in [9.17, 15) is 18.4 Å². The fraction of sp³-hybridized carbons (Fsp3) is 0.200. The molecule has 1 aromatic heterocycles. The Labute approximate surface area is 155 Å². The number of hydrogen-bond acceptors (Lipinski definition) is 2. The first-order chi connectivity index (χ1) is 12.9. The lowest BCUT2D eigenvalue weighted by Gasteiger charge is -2.20. The molecule has 140 valence electrons. The van der Waals surface area contributed by atoms with Crippen molar-refractivity contribution in [3.8, 4) is 0 Å². The highest BCUT2D eigenvalue weighted by Crippen LogP contribution is 2.18. The number of aromatic amines is 1. The number of hydrogen-bond donors (Lipinski definition) is 2. The van der Waals surface area contributed by atoms with Gasteiger partial charge < -0.3 is 15.2 Å². The molecule has 0 bridgehead atoms. The molecule has 1 heterocycles.